The number of rotatable bonds is 8. The van der Waals surface area contributed by atoms with Gasteiger partial charge in [0.1, 0.15) is 5.60 Å². The molecule has 3 heterocycles. The van der Waals surface area contributed by atoms with Gasteiger partial charge in [0.05, 0.1) is 27.3 Å². The number of hydrogen-bond acceptors (Lipinski definition) is 7. The summed E-state index contributed by atoms with van der Waals surface area (Å²) in [4.78, 5) is 24.0. The monoisotopic (exact) mass is 677 g/mol. The fourth-order valence-corrected chi connectivity index (χ4v) is 8.49. The lowest BCUT2D eigenvalue weighted by Crippen LogP contribution is -2.43. The first-order valence-corrected chi connectivity index (χ1v) is 18.5. The number of halogens is 1. The SMILES string of the molecule is CC(C)(C)OC(=O)N1CCCC(CCC2CCC(Nc3ncc(Cl)c(-c4cn(S(=O)(=O)c5ccccc5)c5ccccc45)n3)CC2)C1. The summed E-state index contributed by atoms with van der Waals surface area (Å²) in [5, 5.41) is 4.62. The van der Waals surface area contributed by atoms with Crippen LogP contribution in [0.15, 0.2) is 71.9 Å². The molecule has 6 rings (SSSR count). The third-order valence-corrected chi connectivity index (χ3v) is 11.3. The second-order valence-corrected chi connectivity index (χ2v) is 16.2. The van der Waals surface area contributed by atoms with Gasteiger partial charge in [0.25, 0.3) is 10.0 Å². The predicted molar refractivity (Wildman–Crippen MR) is 186 cm³/mol. The van der Waals surface area contributed by atoms with E-state index in [0.717, 1.165) is 57.0 Å². The molecule has 4 aromatic rings. The highest BCUT2D eigenvalue weighted by Crippen LogP contribution is 2.37. The standard InChI is InChI=1S/C36H44ClN5O4S/c1-36(2,3)46-35(43)41-21-9-10-26(23-41)16-15-25-17-19-27(20-18-25)39-34-38-22-31(37)33(40-34)30-24-42(32-14-8-7-13-29(30)32)47(44,45)28-11-5-4-6-12-28/h4-8,11-14,22,24-27H,9-10,15-21,23H2,1-3H3,(H,38,39,40). The van der Waals surface area contributed by atoms with Crippen molar-refractivity contribution in [3.05, 3.63) is 72.0 Å². The van der Waals surface area contributed by atoms with Crippen LogP contribution in [0.4, 0.5) is 10.7 Å². The average molecular weight is 678 g/mol. The molecule has 2 aromatic carbocycles. The van der Waals surface area contributed by atoms with Gasteiger partial charge in [-0.05, 0) is 95.8 Å². The first-order chi connectivity index (χ1) is 22.5. The zero-order chi connectivity index (χ0) is 33.2. The normalized spacial score (nSPS) is 20.7. The number of carbonyl (C=O) groups is 1. The number of nitrogens with zero attached hydrogens (tertiary/aromatic N) is 4. The van der Waals surface area contributed by atoms with Gasteiger partial charge >= 0.3 is 6.09 Å². The van der Waals surface area contributed by atoms with Gasteiger partial charge in [-0.15, -0.1) is 0 Å². The van der Waals surface area contributed by atoms with Crippen molar-refractivity contribution in [2.45, 2.75) is 88.7 Å². The van der Waals surface area contributed by atoms with Crippen molar-refractivity contribution < 1.29 is 17.9 Å². The molecule has 0 bridgehead atoms. The Hall–Kier alpha value is -3.63. The number of hydrogen-bond donors (Lipinski definition) is 1. The van der Waals surface area contributed by atoms with Gasteiger partial charge in [-0.2, -0.15) is 0 Å². The van der Waals surface area contributed by atoms with E-state index in [4.69, 9.17) is 21.3 Å². The molecule has 2 aromatic heterocycles. The van der Waals surface area contributed by atoms with Crippen LogP contribution in [0.2, 0.25) is 5.02 Å². The Morgan fingerprint density at radius 2 is 1.68 bits per heavy atom. The maximum absolute atomic E-state index is 13.6. The molecule has 0 radical (unpaired) electrons. The number of anilines is 1. The van der Waals surface area contributed by atoms with E-state index < -0.39 is 15.6 Å². The van der Waals surface area contributed by atoms with E-state index in [9.17, 15) is 13.2 Å². The molecule has 1 saturated carbocycles. The molecule has 11 heteroatoms. The number of ether oxygens (including phenoxy) is 1. The molecule has 0 spiro atoms. The van der Waals surface area contributed by atoms with Crippen LogP contribution in [0.3, 0.4) is 0 Å². The zero-order valence-electron chi connectivity index (χ0n) is 27.4. The number of amides is 1. The Labute approximate surface area is 282 Å². The highest BCUT2D eigenvalue weighted by Gasteiger charge is 2.29. The topological polar surface area (TPSA) is 106 Å². The molecule has 1 aliphatic heterocycles. The molecular weight excluding hydrogens is 634 g/mol. The van der Waals surface area contributed by atoms with E-state index in [0.29, 0.717) is 39.6 Å². The fourth-order valence-electron chi connectivity index (χ4n) is 6.91. The summed E-state index contributed by atoms with van der Waals surface area (Å²) in [6.45, 7) is 7.31. The minimum absolute atomic E-state index is 0.190. The van der Waals surface area contributed by atoms with Crippen LogP contribution >= 0.6 is 11.6 Å². The van der Waals surface area contributed by atoms with Gasteiger partial charge in [-0.25, -0.2) is 27.2 Å². The molecule has 2 aliphatic rings. The van der Waals surface area contributed by atoms with Gasteiger partial charge in [0, 0.05) is 36.3 Å². The maximum Gasteiger partial charge on any atom is 0.410 e. The molecule has 47 heavy (non-hydrogen) atoms. The second kappa shape index (κ2) is 13.8. The zero-order valence-corrected chi connectivity index (χ0v) is 28.9. The second-order valence-electron chi connectivity index (χ2n) is 13.9. The third-order valence-electron chi connectivity index (χ3n) is 9.31. The lowest BCUT2D eigenvalue weighted by atomic mass is 9.81. The number of nitrogens with one attached hydrogen (secondary N) is 1. The van der Waals surface area contributed by atoms with Gasteiger partial charge in [0.2, 0.25) is 5.95 Å². The molecular formula is C36H44ClN5O4S. The predicted octanol–water partition coefficient (Wildman–Crippen LogP) is 8.39. The van der Waals surface area contributed by atoms with E-state index in [1.54, 1.807) is 48.8 Å². The summed E-state index contributed by atoms with van der Waals surface area (Å²) in [6, 6.07) is 16.0. The summed E-state index contributed by atoms with van der Waals surface area (Å²) < 4.78 is 34.2. The molecule has 1 amide bonds. The van der Waals surface area contributed by atoms with Crippen LogP contribution in [0.5, 0.6) is 0 Å². The van der Waals surface area contributed by atoms with Crippen LogP contribution in [0, 0.1) is 11.8 Å². The fraction of sp³-hybridized carbons (Fsp3) is 0.472. The summed E-state index contributed by atoms with van der Waals surface area (Å²) in [5.41, 5.74) is 1.21. The first-order valence-electron chi connectivity index (χ1n) is 16.7. The quantitative estimate of drug-likeness (QED) is 0.200. The van der Waals surface area contributed by atoms with Gasteiger partial charge in [0.15, 0.2) is 0 Å². The summed E-state index contributed by atoms with van der Waals surface area (Å²) in [6.07, 6.45) is 11.8. The largest absolute Gasteiger partial charge is 0.444 e. The Morgan fingerprint density at radius 1 is 0.979 bits per heavy atom. The van der Waals surface area contributed by atoms with Crippen molar-refractivity contribution in [2.24, 2.45) is 11.8 Å². The van der Waals surface area contributed by atoms with Crippen LogP contribution in [0.25, 0.3) is 22.2 Å². The van der Waals surface area contributed by atoms with Crippen LogP contribution in [-0.2, 0) is 14.8 Å². The lowest BCUT2D eigenvalue weighted by molar-refractivity contribution is 0.0157. The van der Waals surface area contributed by atoms with E-state index in [1.165, 1.54) is 16.8 Å². The van der Waals surface area contributed by atoms with Crippen LogP contribution in [-0.4, -0.2) is 58.1 Å². The molecule has 9 nitrogen and oxygen atoms in total. The van der Waals surface area contributed by atoms with Crippen molar-refractivity contribution in [3.8, 4) is 11.3 Å². The van der Waals surface area contributed by atoms with Gasteiger partial charge < -0.3 is 15.0 Å². The smallest absolute Gasteiger partial charge is 0.410 e. The molecule has 1 saturated heterocycles. The van der Waals surface area contributed by atoms with Gasteiger partial charge in [-0.1, -0.05) is 54.4 Å². The summed E-state index contributed by atoms with van der Waals surface area (Å²) >= 11 is 6.65. The minimum atomic E-state index is -3.84. The molecule has 1 unspecified atom stereocenters. The first kappa shape index (κ1) is 33.3. The van der Waals surface area contributed by atoms with E-state index in [-0.39, 0.29) is 17.0 Å². The van der Waals surface area contributed by atoms with E-state index in [2.05, 4.69) is 10.3 Å². The Bertz CT molecular complexity index is 1810. The van der Waals surface area contributed by atoms with Crippen molar-refractivity contribution in [1.29, 1.82) is 0 Å². The van der Waals surface area contributed by atoms with E-state index in [1.807, 2.05) is 43.9 Å². The summed E-state index contributed by atoms with van der Waals surface area (Å²) in [7, 11) is -3.84. The molecule has 1 aliphatic carbocycles. The van der Waals surface area contributed by atoms with Crippen LogP contribution in [0.1, 0.15) is 72.1 Å². The number of fused-ring (bicyclic) bond motifs is 1. The van der Waals surface area contributed by atoms with Crippen molar-refractivity contribution in [3.63, 3.8) is 0 Å². The number of benzene rings is 2. The van der Waals surface area contributed by atoms with Crippen LogP contribution < -0.4 is 5.32 Å². The maximum atomic E-state index is 13.6. The molecule has 1 atom stereocenters. The molecule has 250 valence electrons. The lowest BCUT2D eigenvalue weighted by Gasteiger charge is -2.35. The number of para-hydroxylation sites is 1. The third kappa shape index (κ3) is 7.75. The molecule has 1 N–H and O–H groups in total. The average Bonchev–Trinajstić information content (AvgIpc) is 3.45. The highest BCUT2D eigenvalue weighted by molar-refractivity contribution is 7.90. The van der Waals surface area contributed by atoms with Crippen molar-refractivity contribution in [2.75, 3.05) is 18.4 Å². The molecule has 2 fully saturated rings. The minimum Gasteiger partial charge on any atom is -0.444 e. The van der Waals surface area contributed by atoms with Crippen molar-refractivity contribution >= 4 is 44.6 Å². The Balaban J connectivity index is 1.09. The van der Waals surface area contributed by atoms with Gasteiger partial charge in [-0.3, -0.25) is 0 Å². The van der Waals surface area contributed by atoms with Crippen molar-refractivity contribution in [1.82, 2.24) is 18.8 Å². The number of aromatic nitrogens is 3. The highest BCUT2D eigenvalue weighted by atomic mass is 35.5. The number of likely N-dealkylation sites (tertiary alicyclic amines) is 1. The van der Waals surface area contributed by atoms with E-state index >= 15 is 0 Å². The number of piperidine rings is 1. The Kier molecular flexibility index (Phi) is 9.80. The summed E-state index contributed by atoms with van der Waals surface area (Å²) in [5.74, 6) is 1.69. The Morgan fingerprint density at radius 3 is 2.43 bits per heavy atom. The number of carbonyl (C=O) groups excluding carboxylic acids is 1.